The molecule has 1 aromatic rings. The molecule has 1 rings (SSSR count). The first-order chi connectivity index (χ1) is 9.18. The number of carbonyl (C=O) groups is 1. The Bertz CT molecular complexity index is 640. The molecule has 0 aliphatic carbocycles. The first-order valence-corrected chi connectivity index (χ1v) is 7.32. The highest BCUT2D eigenvalue weighted by Gasteiger charge is 2.25. The van der Waals surface area contributed by atoms with Gasteiger partial charge in [-0.05, 0) is 13.0 Å². The Balaban J connectivity index is 3.39. The molecule has 0 N–H and O–H groups in total. The minimum atomic E-state index is -3.78. The number of sulfonamides is 1. The number of benzene rings is 1. The summed E-state index contributed by atoms with van der Waals surface area (Å²) >= 11 is 0. The van der Waals surface area contributed by atoms with Crippen molar-refractivity contribution in [3.63, 3.8) is 0 Å². The Morgan fingerprint density at radius 3 is 2.50 bits per heavy atom. The van der Waals surface area contributed by atoms with Gasteiger partial charge in [-0.1, -0.05) is 6.07 Å². The monoisotopic (exact) mass is 302 g/mol. The van der Waals surface area contributed by atoms with E-state index in [0.29, 0.717) is 0 Å². The number of rotatable bonds is 5. The highest BCUT2D eigenvalue weighted by Crippen LogP contribution is 2.29. The zero-order valence-electron chi connectivity index (χ0n) is 11.2. The molecule has 110 valence electrons. The number of hydrogen-bond donors (Lipinski definition) is 0. The summed E-state index contributed by atoms with van der Waals surface area (Å²) in [6.07, 6.45) is 0.911. The van der Waals surface area contributed by atoms with Crippen molar-refractivity contribution >= 4 is 27.4 Å². The lowest BCUT2D eigenvalue weighted by atomic mass is 10.1. The van der Waals surface area contributed by atoms with Gasteiger partial charge in [-0.2, -0.15) is 0 Å². The van der Waals surface area contributed by atoms with Crippen LogP contribution in [-0.4, -0.2) is 39.2 Å². The maximum absolute atomic E-state index is 11.8. The predicted molar refractivity (Wildman–Crippen MR) is 72.0 cm³/mol. The van der Waals surface area contributed by atoms with Crippen LogP contribution in [0, 0.1) is 17.0 Å². The van der Waals surface area contributed by atoms with Crippen LogP contribution in [0.5, 0.6) is 0 Å². The SMILES string of the molecule is COC(=O)CN(c1cccc([N+](=O)[O-])c1C)S(C)(=O)=O. The molecule has 0 radical (unpaired) electrons. The number of methoxy groups -OCH3 is 1. The second kappa shape index (κ2) is 5.87. The molecule has 0 aromatic heterocycles. The van der Waals surface area contributed by atoms with Crippen LogP contribution in [0.1, 0.15) is 5.56 Å². The molecule has 9 heteroatoms. The van der Waals surface area contributed by atoms with Crippen molar-refractivity contribution in [1.82, 2.24) is 0 Å². The molecule has 0 saturated heterocycles. The largest absolute Gasteiger partial charge is 0.468 e. The van der Waals surface area contributed by atoms with Gasteiger partial charge in [0.05, 0.1) is 29.5 Å². The predicted octanol–water partition coefficient (Wildman–Crippen LogP) is 0.842. The standard InChI is InChI=1S/C11H14N2O6S/c1-8-9(5-4-6-10(8)13(15)16)12(20(3,17)18)7-11(14)19-2/h4-6H,7H2,1-3H3. The molecule has 0 aliphatic rings. The normalized spacial score (nSPS) is 10.9. The van der Waals surface area contributed by atoms with Crippen molar-refractivity contribution < 1.29 is 22.9 Å². The number of nitro groups is 1. The van der Waals surface area contributed by atoms with E-state index in [-0.39, 0.29) is 16.9 Å². The lowest BCUT2D eigenvalue weighted by Crippen LogP contribution is -2.36. The van der Waals surface area contributed by atoms with E-state index in [2.05, 4.69) is 4.74 Å². The van der Waals surface area contributed by atoms with Crippen LogP contribution in [0.25, 0.3) is 0 Å². The number of hydrogen-bond acceptors (Lipinski definition) is 6. The van der Waals surface area contributed by atoms with Gasteiger partial charge in [0, 0.05) is 6.07 Å². The van der Waals surface area contributed by atoms with Crippen LogP contribution in [-0.2, 0) is 19.6 Å². The van der Waals surface area contributed by atoms with E-state index >= 15 is 0 Å². The molecular weight excluding hydrogens is 288 g/mol. The molecule has 20 heavy (non-hydrogen) atoms. The van der Waals surface area contributed by atoms with Crippen molar-refractivity contribution in [3.05, 3.63) is 33.9 Å². The number of nitrogens with zero attached hydrogens (tertiary/aromatic N) is 2. The van der Waals surface area contributed by atoms with Crippen LogP contribution in [0.4, 0.5) is 11.4 Å². The molecule has 0 atom stereocenters. The van der Waals surface area contributed by atoms with E-state index < -0.39 is 27.5 Å². The van der Waals surface area contributed by atoms with Gasteiger partial charge in [-0.15, -0.1) is 0 Å². The highest BCUT2D eigenvalue weighted by atomic mass is 32.2. The fourth-order valence-corrected chi connectivity index (χ4v) is 2.54. The van der Waals surface area contributed by atoms with Gasteiger partial charge in [-0.3, -0.25) is 19.2 Å². The van der Waals surface area contributed by atoms with Crippen LogP contribution in [0.2, 0.25) is 0 Å². The van der Waals surface area contributed by atoms with Crippen LogP contribution < -0.4 is 4.31 Å². The Kier molecular flexibility index (Phi) is 4.66. The van der Waals surface area contributed by atoms with E-state index in [9.17, 15) is 23.3 Å². The second-order valence-electron chi connectivity index (χ2n) is 4.02. The first-order valence-electron chi connectivity index (χ1n) is 5.47. The summed E-state index contributed by atoms with van der Waals surface area (Å²) in [6, 6.07) is 4.01. The lowest BCUT2D eigenvalue weighted by Gasteiger charge is -2.22. The summed E-state index contributed by atoms with van der Waals surface area (Å²) in [5, 5.41) is 10.9. The summed E-state index contributed by atoms with van der Waals surface area (Å²) in [6.45, 7) is 0.875. The summed E-state index contributed by atoms with van der Waals surface area (Å²) in [5.74, 6) is -0.763. The average Bonchev–Trinajstić information content (AvgIpc) is 2.34. The topological polar surface area (TPSA) is 107 Å². The molecule has 0 bridgehead atoms. The third-order valence-electron chi connectivity index (χ3n) is 2.64. The smallest absolute Gasteiger partial charge is 0.326 e. The van der Waals surface area contributed by atoms with Gasteiger partial charge in [0.15, 0.2) is 0 Å². The van der Waals surface area contributed by atoms with Crippen LogP contribution in [0.15, 0.2) is 18.2 Å². The molecule has 8 nitrogen and oxygen atoms in total. The lowest BCUT2D eigenvalue weighted by molar-refractivity contribution is -0.385. The van der Waals surface area contributed by atoms with Gasteiger partial charge in [0.1, 0.15) is 6.54 Å². The number of anilines is 1. The summed E-state index contributed by atoms with van der Waals surface area (Å²) < 4.78 is 28.7. The van der Waals surface area contributed by atoms with E-state index in [4.69, 9.17) is 0 Å². The van der Waals surface area contributed by atoms with Gasteiger partial charge in [-0.25, -0.2) is 8.42 Å². The highest BCUT2D eigenvalue weighted by molar-refractivity contribution is 7.92. The van der Waals surface area contributed by atoms with Crippen molar-refractivity contribution in [2.24, 2.45) is 0 Å². The Morgan fingerprint density at radius 1 is 1.45 bits per heavy atom. The zero-order chi connectivity index (χ0) is 15.5. The van der Waals surface area contributed by atoms with Crippen molar-refractivity contribution in [1.29, 1.82) is 0 Å². The molecule has 0 unspecified atom stereocenters. The fraction of sp³-hybridized carbons (Fsp3) is 0.364. The van der Waals surface area contributed by atoms with Gasteiger partial charge >= 0.3 is 5.97 Å². The number of ether oxygens (including phenoxy) is 1. The molecular formula is C11H14N2O6S. The van der Waals surface area contributed by atoms with Gasteiger partial charge in [0.25, 0.3) is 5.69 Å². The molecule has 0 spiro atoms. The number of esters is 1. The number of carbonyl (C=O) groups excluding carboxylic acids is 1. The quantitative estimate of drug-likeness (QED) is 0.453. The van der Waals surface area contributed by atoms with Crippen molar-refractivity contribution in [3.8, 4) is 0 Å². The van der Waals surface area contributed by atoms with Gasteiger partial charge < -0.3 is 4.74 Å². The molecule has 0 fully saturated rings. The Labute approximate surface area is 116 Å². The van der Waals surface area contributed by atoms with Crippen molar-refractivity contribution in [2.45, 2.75) is 6.92 Å². The fourth-order valence-electron chi connectivity index (χ4n) is 1.64. The summed E-state index contributed by atoms with van der Waals surface area (Å²) in [7, 11) is -2.65. The van der Waals surface area contributed by atoms with Crippen LogP contribution >= 0.6 is 0 Å². The minimum absolute atomic E-state index is 0.0760. The third kappa shape index (κ3) is 3.44. The summed E-state index contributed by atoms with van der Waals surface area (Å²) in [4.78, 5) is 21.6. The zero-order valence-corrected chi connectivity index (χ0v) is 12.0. The van der Waals surface area contributed by atoms with Crippen LogP contribution in [0.3, 0.4) is 0 Å². The number of nitro benzene ring substituents is 1. The molecule has 0 saturated carbocycles. The second-order valence-corrected chi connectivity index (χ2v) is 5.93. The Morgan fingerprint density at radius 2 is 2.05 bits per heavy atom. The molecule has 0 amide bonds. The third-order valence-corrected chi connectivity index (χ3v) is 3.77. The van der Waals surface area contributed by atoms with Gasteiger partial charge in [0.2, 0.25) is 10.0 Å². The Hall–Kier alpha value is -2.16. The van der Waals surface area contributed by atoms with E-state index in [0.717, 1.165) is 17.7 Å². The minimum Gasteiger partial charge on any atom is -0.468 e. The maximum atomic E-state index is 11.8. The average molecular weight is 302 g/mol. The van der Waals surface area contributed by atoms with E-state index in [1.54, 1.807) is 0 Å². The maximum Gasteiger partial charge on any atom is 0.326 e. The molecule has 1 aromatic carbocycles. The first kappa shape index (κ1) is 15.9. The molecule has 0 heterocycles. The summed E-state index contributed by atoms with van der Waals surface area (Å²) in [5.41, 5.74) is 0.0138. The molecule has 0 aliphatic heterocycles. The van der Waals surface area contributed by atoms with E-state index in [1.165, 1.54) is 25.1 Å². The van der Waals surface area contributed by atoms with Crippen molar-refractivity contribution in [2.75, 3.05) is 24.2 Å². The van der Waals surface area contributed by atoms with E-state index in [1.807, 2.05) is 0 Å².